The summed E-state index contributed by atoms with van der Waals surface area (Å²) in [4.78, 5) is 9.23. The van der Waals surface area contributed by atoms with Crippen molar-refractivity contribution in [3.05, 3.63) is 64.3 Å². The molecule has 1 saturated carbocycles. The lowest BCUT2D eigenvalue weighted by atomic mass is 9.93. The molecular formula is C22H24ClN3. The first-order chi connectivity index (χ1) is 12.5. The van der Waals surface area contributed by atoms with Gasteiger partial charge in [0.25, 0.3) is 0 Å². The van der Waals surface area contributed by atoms with Crippen LogP contribution in [0, 0.1) is 13.8 Å². The van der Waals surface area contributed by atoms with Gasteiger partial charge in [0, 0.05) is 18.1 Å². The van der Waals surface area contributed by atoms with Crippen LogP contribution >= 0.6 is 11.6 Å². The Morgan fingerprint density at radius 2 is 1.96 bits per heavy atom. The van der Waals surface area contributed by atoms with Crippen molar-refractivity contribution in [1.29, 1.82) is 0 Å². The third kappa shape index (κ3) is 2.75. The van der Waals surface area contributed by atoms with Gasteiger partial charge in [-0.3, -0.25) is 4.98 Å². The first-order valence-electron chi connectivity index (χ1n) is 9.25. The summed E-state index contributed by atoms with van der Waals surface area (Å²) in [7, 11) is 2.01. The van der Waals surface area contributed by atoms with Crippen LogP contribution in [0.15, 0.2) is 31.0 Å². The predicted octanol–water partition coefficient (Wildman–Crippen LogP) is 5.96. The van der Waals surface area contributed by atoms with Gasteiger partial charge in [0.2, 0.25) is 0 Å². The Labute approximate surface area is 159 Å². The van der Waals surface area contributed by atoms with Gasteiger partial charge in [-0.05, 0) is 61.4 Å². The fourth-order valence-electron chi connectivity index (χ4n) is 4.16. The van der Waals surface area contributed by atoms with Crippen molar-refractivity contribution < 1.29 is 0 Å². The number of aromatic nitrogens is 3. The van der Waals surface area contributed by atoms with Gasteiger partial charge in [0.05, 0.1) is 22.4 Å². The summed E-state index contributed by atoms with van der Waals surface area (Å²) in [5, 5.41) is 1.90. The highest BCUT2D eigenvalue weighted by Gasteiger charge is 2.24. The summed E-state index contributed by atoms with van der Waals surface area (Å²) < 4.78 is 2.06. The number of hydrogen-bond acceptors (Lipinski definition) is 2. The second-order valence-electron chi connectivity index (χ2n) is 7.37. The highest BCUT2D eigenvalue weighted by Crippen LogP contribution is 2.42. The SMILES string of the molecule is C=C(c1ccc2nc(C)c(C3CCCC3)c(Cl)c2c1)c1cnc(C)n1C. The van der Waals surface area contributed by atoms with Crippen molar-refractivity contribution in [3.63, 3.8) is 0 Å². The molecule has 0 N–H and O–H groups in total. The molecule has 1 fully saturated rings. The largest absolute Gasteiger partial charge is 0.331 e. The molecule has 2 aromatic heterocycles. The maximum atomic E-state index is 6.90. The first-order valence-corrected chi connectivity index (χ1v) is 9.63. The van der Waals surface area contributed by atoms with E-state index < -0.39 is 0 Å². The fourth-order valence-corrected chi connectivity index (χ4v) is 4.60. The van der Waals surface area contributed by atoms with Gasteiger partial charge in [-0.25, -0.2) is 4.98 Å². The summed E-state index contributed by atoms with van der Waals surface area (Å²) >= 11 is 6.90. The molecular weight excluding hydrogens is 342 g/mol. The molecule has 3 aromatic rings. The smallest absolute Gasteiger partial charge is 0.105 e. The average Bonchev–Trinajstić information content (AvgIpc) is 3.25. The Balaban J connectivity index is 1.83. The van der Waals surface area contributed by atoms with Crippen LogP contribution in [-0.2, 0) is 7.05 Å². The number of halogens is 1. The van der Waals surface area contributed by atoms with Crippen LogP contribution < -0.4 is 0 Å². The third-order valence-corrected chi connectivity index (χ3v) is 6.20. The molecule has 0 saturated heterocycles. The number of fused-ring (bicyclic) bond motifs is 1. The Morgan fingerprint density at radius 3 is 2.62 bits per heavy atom. The zero-order valence-electron chi connectivity index (χ0n) is 15.6. The molecule has 0 spiro atoms. The molecule has 4 heteroatoms. The van der Waals surface area contributed by atoms with E-state index in [9.17, 15) is 0 Å². The Hall–Kier alpha value is -2.13. The molecule has 1 aliphatic carbocycles. The highest BCUT2D eigenvalue weighted by molar-refractivity contribution is 6.36. The summed E-state index contributed by atoms with van der Waals surface area (Å²) in [6.07, 6.45) is 6.88. The van der Waals surface area contributed by atoms with Gasteiger partial charge in [-0.15, -0.1) is 0 Å². The second kappa shape index (κ2) is 6.55. The molecule has 0 unspecified atom stereocenters. The summed E-state index contributed by atoms with van der Waals surface area (Å²) in [6, 6.07) is 6.26. The number of hydrogen-bond donors (Lipinski definition) is 0. The molecule has 134 valence electrons. The standard InChI is InChI=1S/C22H24ClN3/c1-13(20-12-24-15(3)26(20)4)17-9-10-19-18(11-17)22(23)21(14(2)25-19)16-7-5-6-8-16/h9-12,16H,1,5-8H2,2-4H3. The number of benzene rings is 1. The quantitative estimate of drug-likeness (QED) is 0.573. The van der Waals surface area contributed by atoms with E-state index in [-0.39, 0.29) is 0 Å². The van der Waals surface area contributed by atoms with Crippen LogP contribution in [-0.4, -0.2) is 14.5 Å². The van der Waals surface area contributed by atoms with E-state index in [0.717, 1.165) is 44.3 Å². The van der Waals surface area contributed by atoms with E-state index in [1.807, 2.05) is 20.2 Å². The van der Waals surface area contributed by atoms with Crippen molar-refractivity contribution in [2.24, 2.45) is 7.05 Å². The average molecular weight is 366 g/mol. The molecule has 0 amide bonds. The van der Waals surface area contributed by atoms with Crippen molar-refractivity contribution in [1.82, 2.24) is 14.5 Å². The van der Waals surface area contributed by atoms with Crippen LogP contribution in [0.4, 0.5) is 0 Å². The maximum absolute atomic E-state index is 6.90. The van der Waals surface area contributed by atoms with E-state index in [0.29, 0.717) is 5.92 Å². The van der Waals surface area contributed by atoms with Gasteiger partial charge in [-0.2, -0.15) is 0 Å². The molecule has 26 heavy (non-hydrogen) atoms. The predicted molar refractivity (Wildman–Crippen MR) is 109 cm³/mol. The molecule has 1 aromatic carbocycles. The number of rotatable bonds is 3. The molecule has 3 nitrogen and oxygen atoms in total. The van der Waals surface area contributed by atoms with Gasteiger partial charge in [0.1, 0.15) is 5.82 Å². The monoisotopic (exact) mass is 365 g/mol. The van der Waals surface area contributed by atoms with Crippen LogP contribution in [0.25, 0.3) is 16.5 Å². The summed E-state index contributed by atoms with van der Waals surface area (Å²) in [5.74, 6) is 1.52. The Bertz CT molecular complexity index is 1010. The van der Waals surface area contributed by atoms with E-state index in [2.05, 4.69) is 41.3 Å². The Kier molecular flexibility index (Phi) is 4.36. The zero-order chi connectivity index (χ0) is 18.4. The summed E-state index contributed by atoms with van der Waals surface area (Å²) in [6.45, 7) is 8.38. The minimum absolute atomic E-state index is 0.547. The van der Waals surface area contributed by atoms with Crippen molar-refractivity contribution in [3.8, 4) is 0 Å². The normalized spacial score (nSPS) is 15.1. The topological polar surface area (TPSA) is 30.7 Å². The second-order valence-corrected chi connectivity index (χ2v) is 7.74. The number of nitrogens with zero attached hydrogens (tertiary/aromatic N) is 3. The van der Waals surface area contributed by atoms with E-state index >= 15 is 0 Å². The first kappa shape index (κ1) is 17.3. The number of aryl methyl sites for hydroxylation is 2. The minimum Gasteiger partial charge on any atom is -0.331 e. The number of pyridine rings is 1. The minimum atomic E-state index is 0.547. The third-order valence-electron chi connectivity index (χ3n) is 5.79. The number of imidazole rings is 1. The molecule has 0 atom stereocenters. The molecule has 0 aliphatic heterocycles. The Morgan fingerprint density at radius 1 is 1.23 bits per heavy atom. The summed E-state index contributed by atoms with van der Waals surface area (Å²) in [5.41, 5.74) is 6.31. The highest BCUT2D eigenvalue weighted by atomic mass is 35.5. The van der Waals surface area contributed by atoms with Crippen molar-refractivity contribution >= 4 is 28.1 Å². The molecule has 0 bridgehead atoms. The molecule has 4 rings (SSSR count). The molecule has 1 aliphatic rings. The van der Waals surface area contributed by atoms with E-state index in [1.54, 1.807) is 0 Å². The van der Waals surface area contributed by atoms with Gasteiger partial charge >= 0.3 is 0 Å². The van der Waals surface area contributed by atoms with Crippen LogP contribution in [0.5, 0.6) is 0 Å². The van der Waals surface area contributed by atoms with Gasteiger partial charge in [0.15, 0.2) is 0 Å². The lowest BCUT2D eigenvalue weighted by Crippen LogP contribution is -2.02. The molecule has 0 radical (unpaired) electrons. The van der Waals surface area contributed by atoms with Crippen LogP contribution in [0.3, 0.4) is 0 Å². The lowest BCUT2D eigenvalue weighted by Gasteiger charge is -2.17. The van der Waals surface area contributed by atoms with Crippen LogP contribution in [0.1, 0.15) is 59.9 Å². The fraction of sp³-hybridized carbons (Fsp3) is 0.364. The molecule has 2 heterocycles. The van der Waals surface area contributed by atoms with Crippen molar-refractivity contribution in [2.45, 2.75) is 45.4 Å². The van der Waals surface area contributed by atoms with Gasteiger partial charge < -0.3 is 4.57 Å². The lowest BCUT2D eigenvalue weighted by molar-refractivity contribution is 0.714. The van der Waals surface area contributed by atoms with E-state index in [4.69, 9.17) is 16.6 Å². The maximum Gasteiger partial charge on any atom is 0.105 e. The van der Waals surface area contributed by atoms with Crippen LogP contribution in [0.2, 0.25) is 5.02 Å². The van der Waals surface area contributed by atoms with Gasteiger partial charge in [-0.1, -0.05) is 37.1 Å². The zero-order valence-corrected chi connectivity index (χ0v) is 16.4. The van der Waals surface area contributed by atoms with E-state index in [1.165, 1.54) is 31.2 Å². The van der Waals surface area contributed by atoms with Crippen molar-refractivity contribution in [2.75, 3.05) is 0 Å².